The van der Waals surface area contributed by atoms with E-state index in [2.05, 4.69) is 9.88 Å². The number of hydrogen-bond donors (Lipinski definition) is 1. The number of hydrogen-bond acceptors (Lipinski definition) is 3. The number of piperidine rings is 1. The molecule has 0 bridgehead atoms. The molecule has 1 saturated heterocycles. The fraction of sp³-hybridized carbons (Fsp3) is 0.600. The fourth-order valence-electron chi connectivity index (χ4n) is 3.71. The number of nitrogens with zero attached hydrogens (tertiary/aromatic N) is 2. The smallest absolute Gasteiger partial charge is 0.339 e. The van der Waals surface area contributed by atoms with E-state index in [4.69, 9.17) is 0 Å². The van der Waals surface area contributed by atoms with Crippen LogP contribution in [-0.4, -0.2) is 28.6 Å². The van der Waals surface area contributed by atoms with Crippen molar-refractivity contribution >= 4 is 11.8 Å². The van der Waals surface area contributed by atoms with Gasteiger partial charge in [0.15, 0.2) is 0 Å². The first-order chi connectivity index (χ1) is 9.66. The molecule has 2 aliphatic rings. The number of carboxylic acid groups (broad SMARTS) is 1. The van der Waals surface area contributed by atoms with Gasteiger partial charge in [-0.05, 0) is 37.7 Å². The van der Waals surface area contributed by atoms with Gasteiger partial charge in [0.25, 0.3) is 0 Å². The number of anilines is 1. The zero-order chi connectivity index (χ0) is 14.1. The summed E-state index contributed by atoms with van der Waals surface area (Å²) in [5, 5.41) is 9.28. The molecule has 0 spiro atoms. The quantitative estimate of drug-likeness (QED) is 0.903. The lowest BCUT2D eigenvalue weighted by atomic mass is 9.78. The van der Waals surface area contributed by atoms with Gasteiger partial charge in [-0.1, -0.05) is 12.8 Å². The van der Waals surface area contributed by atoms with Crippen molar-refractivity contribution in [2.24, 2.45) is 5.92 Å². The highest BCUT2D eigenvalue weighted by molar-refractivity contribution is 5.93. The molecule has 4 nitrogen and oxygen atoms in total. The summed E-state index contributed by atoms with van der Waals surface area (Å²) in [4.78, 5) is 17.5. The van der Waals surface area contributed by atoms with Crippen LogP contribution >= 0.6 is 0 Å². The van der Waals surface area contributed by atoms with Crippen LogP contribution in [0.4, 0.5) is 10.2 Å². The van der Waals surface area contributed by atoms with Crippen LogP contribution in [0.25, 0.3) is 0 Å². The van der Waals surface area contributed by atoms with E-state index < -0.39 is 11.8 Å². The van der Waals surface area contributed by atoms with E-state index in [1.807, 2.05) is 0 Å². The minimum absolute atomic E-state index is 0.0174. The van der Waals surface area contributed by atoms with Crippen LogP contribution in [0.5, 0.6) is 0 Å². The molecule has 1 saturated carbocycles. The van der Waals surface area contributed by atoms with Gasteiger partial charge in [0.2, 0.25) is 0 Å². The van der Waals surface area contributed by atoms with Crippen molar-refractivity contribution in [3.8, 4) is 0 Å². The number of aromatic carboxylic acids is 1. The second-order valence-corrected chi connectivity index (χ2v) is 5.78. The molecule has 2 fully saturated rings. The zero-order valence-corrected chi connectivity index (χ0v) is 11.4. The van der Waals surface area contributed by atoms with Gasteiger partial charge in [0.1, 0.15) is 17.2 Å². The Hall–Kier alpha value is -1.65. The van der Waals surface area contributed by atoms with Gasteiger partial charge in [0.05, 0.1) is 6.20 Å². The first-order valence-corrected chi connectivity index (χ1v) is 7.32. The third-order valence-corrected chi connectivity index (χ3v) is 4.58. The van der Waals surface area contributed by atoms with Crippen LogP contribution < -0.4 is 4.90 Å². The number of fused-ring (bicyclic) bond motifs is 1. The molecule has 20 heavy (non-hydrogen) atoms. The van der Waals surface area contributed by atoms with Crippen LogP contribution in [0.3, 0.4) is 0 Å². The Morgan fingerprint density at radius 1 is 1.30 bits per heavy atom. The summed E-state index contributed by atoms with van der Waals surface area (Å²) in [6, 6.07) is 1.45. The summed E-state index contributed by atoms with van der Waals surface area (Å²) >= 11 is 0. The Kier molecular flexibility index (Phi) is 3.59. The number of rotatable bonds is 2. The average Bonchev–Trinajstić information content (AvgIpc) is 2.46. The van der Waals surface area contributed by atoms with E-state index in [1.165, 1.54) is 25.7 Å². The Balaban J connectivity index is 1.96. The molecule has 3 rings (SSSR count). The lowest BCUT2D eigenvalue weighted by Gasteiger charge is -2.45. The number of carboxylic acids is 1. The molecule has 1 N–H and O–H groups in total. The van der Waals surface area contributed by atoms with Gasteiger partial charge in [-0.25, -0.2) is 14.2 Å². The van der Waals surface area contributed by atoms with E-state index >= 15 is 0 Å². The van der Waals surface area contributed by atoms with Gasteiger partial charge in [-0.15, -0.1) is 0 Å². The molecule has 1 aliphatic carbocycles. The summed E-state index contributed by atoms with van der Waals surface area (Å²) in [5.74, 6) is -0.630. The molecule has 108 valence electrons. The van der Waals surface area contributed by atoms with Crippen LogP contribution in [0, 0.1) is 11.7 Å². The molecule has 1 aromatic heterocycles. The van der Waals surface area contributed by atoms with Crippen molar-refractivity contribution in [3.63, 3.8) is 0 Å². The van der Waals surface area contributed by atoms with Crippen LogP contribution in [0.15, 0.2) is 12.3 Å². The monoisotopic (exact) mass is 278 g/mol. The van der Waals surface area contributed by atoms with Crippen molar-refractivity contribution in [3.05, 3.63) is 23.6 Å². The van der Waals surface area contributed by atoms with Crippen LogP contribution in [0.1, 0.15) is 48.9 Å². The fourth-order valence-corrected chi connectivity index (χ4v) is 3.71. The Morgan fingerprint density at radius 3 is 2.85 bits per heavy atom. The molecular weight excluding hydrogens is 259 g/mol. The minimum Gasteiger partial charge on any atom is -0.478 e. The maximum Gasteiger partial charge on any atom is 0.339 e. The molecule has 0 radical (unpaired) electrons. The van der Waals surface area contributed by atoms with Crippen molar-refractivity contribution in [2.45, 2.75) is 44.6 Å². The largest absolute Gasteiger partial charge is 0.478 e. The summed E-state index contributed by atoms with van der Waals surface area (Å²) in [6.07, 6.45) is 8.13. The molecule has 2 heterocycles. The van der Waals surface area contributed by atoms with Crippen molar-refractivity contribution in [1.82, 2.24) is 4.98 Å². The van der Waals surface area contributed by atoms with Gasteiger partial charge in [-0.2, -0.15) is 0 Å². The van der Waals surface area contributed by atoms with Crippen molar-refractivity contribution in [2.75, 3.05) is 11.4 Å². The van der Waals surface area contributed by atoms with Gasteiger partial charge >= 0.3 is 5.97 Å². The van der Waals surface area contributed by atoms with Gasteiger partial charge < -0.3 is 10.0 Å². The molecule has 0 unspecified atom stereocenters. The second-order valence-electron chi connectivity index (χ2n) is 5.78. The molecule has 2 atom stereocenters. The van der Waals surface area contributed by atoms with Crippen molar-refractivity contribution in [1.29, 1.82) is 0 Å². The Morgan fingerprint density at radius 2 is 2.05 bits per heavy atom. The predicted octanol–water partition coefficient (Wildman–Crippen LogP) is 3.08. The highest BCUT2D eigenvalue weighted by atomic mass is 19.1. The van der Waals surface area contributed by atoms with Gasteiger partial charge in [-0.3, -0.25) is 0 Å². The van der Waals surface area contributed by atoms with E-state index in [9.17, 15) is 14.3 Å². The molecule has 0 amide bonds. The molecule has 5 heteroatoms. The summed E-state index contributed by atoms with van der Waals surface area (Å²) in [6.45, 7) is 0.820. The van der Waals surface area contributed by atoms with E-state index in [-0.39, 0.29) is 5.56 Å². The first-order valence-electron chi connectivity index (χ1n) is 7.32. The maximum absolute atomic E-state index is 13.3. The maximum atomic E-state index is 13.3. The number of aromatic nitrogens is 1. The van der Waals surface area contributed by atoms with Gasteiger partial charge in [0, 0.05) is 12.6 Å². The zero-order valence-electron chi connectivity index (χ0n) is 11.4. The first kappa shape index (κ1) is 13.3. The van der Waals surface area contributed by atoms with E-state index in [0.29, 0.717) is 17.8 Å². The topological polar surface area (TPSA) is 53.4 Å². The lowest BCUT2D eigenvalue weighted by molar-refractivity contribution is 0.0696. The average molecular weight is 278 g/mol. The minimum atomic E-state index is -1.11. The number of halogens is 1. The van der Waals surface area contributed by atoms with E-state index in [1.54, 1.807) is 0 Å². The Bertz CT molecular complexity index is 519. The third kappa shape index (κ3) is 2.37. The molecular formula is C15H19FN2O2. The molecule has 1 aliphatic heterocycles. The summed E-state index contributed by atoms with van der Waals surface area (Å²) in [7, 11) is 0. The third-order valence-electron chi connectivity index (χ3n) is 4.58. The normalized spacial score (nSPS) is 26.1. The standard InChI is InChI=1S/C15H19FN2O2/c16-11-8-12(15(19)20)14(17-9-11)18-7-3-5-10-4-1-2-6-13(10)18/h8-10,13H,1-7H2,(H,19,20)/t10-,13-/m1/s1. The predicted molar refractivity (Wildman–Crippen MR) is 73.5 cm³/mol. The van der Waals surface area contributed by atoms with Crippen LogP contribution in [0.2, 0.25) is 0 Å². The summed E-state index contributed by atoms with van der Waals surface area (Å²) < 4.78 is 13.3. The number of pyridine rings is 1. The second kappa shape index (κ2) is 5.38. The Labute approximate surface area is 117 Å². The molecule has 0 aromatic carbocycles. The molecule has 1 aromatic rings. The lowest BCUT2D eigenvalue weighted by Crippen LogP contribution is -2.47. The number of carbonyl (C=O) groups is 1. The van der Waals surface area contributed by atoms with Crippen LogP contribution in [-0.2, 0) is 0 Å². The highest BCUT2D eigenvalue weighted by Gasteiger charge is 2.35. The summed E-state index contributed by atoms with van der Waals surface area (Å²) in [5.41, 5.74) is -0.0174. The SMILES string of the molecule is O=C(O)c1cc(F)cnc1N1CCC[C@H]2CCCC[C@H]21. The van der Waals surface area contributed by atoms with E-state index in [0.717, 1.165) is 31.6 Å². The van der Waals surface area contributed by atoms with Crippen molar-refractivity contribution < 1.29 is 14.3 Å². The highest BCUT2D eigenvalue weighted by Crippen LogP contribution is 2.38.